The van der Waals surface area contributed by atoms with Crippen LogP contribution in [0.25, 0.3) is 0 Å². The van der Waals surface area contributed by atoms with E-state index in [2.05, 4.69) is 9.98 Å². The lowest BCUT2D eigenvalue weighted by molar-refractivity contribution is -0.143. The second-order valence-corrected chi connectivity index (χ2v) is 5.44. The first-order valence-electron chi connectivity index (χ1n) is 6.69. The molecular formula is C14H13Cl2FN2O3. The Bertz CT molecular complexity index is 633. The number of ketones is 1. The lowest BCUT2D eigenvalue weighted by Gasteiger charge is -2.11. The first kappa shape index (κ1) is 16.8. The molecule has 2 rings (SSSR count). The van der Waals surface area contributed by atoms with Crippen molar-refractivity contribution >= 4 is 41.2 Å². The van der Waals surface area contributed by atoms with Crippen molar-refractivity contribution in [2.45, 2.75) is 25.8 Å². The number of pyridine rings is 1. The number of aromatic nitrogens is 1. The van der Waals surface area contributed by atoms with Crippen molar-refractivity contribution in [3.05, 3.63) is 27.8 Å². The third kappa shape index (κ3) is 4.01. The predicted molar refractivity (Wildman–Crippen MR) is 80.2 cm³/mol. The third-order valence-electron chi connectivity index (χ3n) is 2.97. The molecule has 0 amide bonds. The van der Waals surface area contributed by atoms with Crippen molar-refractivity contribution in [3.8, 4) is 0 Å². The average Bonchev–Trinajstić information content (AvgIpc) is 3.27. The molecule has 22 heavy (non-hydrogen) atoms. The molecule has 0 bridgehead atoms. The van der Waals surface area contributed by atoms with E-state index in [1.165, 1.54) is 6.21 Å². The number of aliphatic imine (C=N–C) groups is 1. The molecule has 1 heterocycles. The largest absolute Gasteiger partial charge is 0.465 e. The molecule has 1 saturated carbocycles. The van der Waals surface area contributed by atoms with Gasteiger partial charge in [-0.15, -0.1) is 0 Å². The van der Waals surface area contributed by atoms with Gasteiger partial charge in [0.05, 0.1) is 12.2 Å². The number of hydrogen-bond acceptors (Lipinski definition) is 5. The van der Waals surface area contributed by atoms with E-state index in [1.54, 1.807) is 6.92 Å². The van der Waals surface area contributed by atoms with Crippen LogP contribution in [0.2, 0.25) is 10.3 Å². The molecule has 118 valence electrons. The van der Waals surface area contributed by atoms with Crippen LogP contribution >= 0.6 is 23.2 Å². The maximum absolute atomic E-state index is 13.5. The van der Waals surface area contributed by atoms with Crippen molar-refractivity contribution in [1.82, 2.24) is 4.98 Å². The van der Waals surface area contributed by atoms with Crippen LogP contribution in [0.15, 0.2) is 11.1 Å². The van der Waals surface area contributed by atoms with Crippen molar-refractivity contribution in [3.63, 3.8) is 0 Å². The highest BCUT2D eigenvalue weighted by atomic mass is 35.5. The van der Waals surface area contributed by atoms with Crippen molar-refractivity contribution in [2.75, 3.05) is 6.61 Å². The molecule has 1 aliphatic rings. The molecule has 0 spiro atoms. The van der Waals surface area contributed by atoms with Crippen molar-refractivity contribution < 1.29 is 18.7 Å². The van der Waals surface area contributed by atoms with E-state index >= 15 is 0 Å². The van der Waals surface area contributed by atoms with Crippen LogP contribution in [0.5, 0.6) is 0 Å². The quantitative estimate of drug-likeness (QED) is 0.261. The maximum atomic E-state index is 13.5. The van der Waals surface area contributed by atoms with E-state index in [1.807, 2.05) is 0 Å². The molecule has 0 radical (unpaired) electrons. The summed E-state index contributed by atoms with van der Waals surface area (Å²) >= 11 is 11.3. The summed E-state index contributed by atoms with van der Waals surface area (Å²) in [7, 11) is 0. The van der Waals surface area contributed by atoms with Crippen LogP contribution in [0.4, 0.5) is 4.39 Å². The Morgan fingerprint density at radius 2 is 2.18 bits per heavy atom. The highest BCUT2D eigenvalue weighted by Gasteiger charge is 2.31. The summed E-state index contributed by atoms with van der Waals surface area (Å²) in [4.78, 5) is 32.0. The Morgan fingerprint density at radius 1 is 1.50 bits per heavy atom. The second-order valence-electron chi connectivity index (χ2n) is 4.72. The topological polar surface area (TPSA) is 68.6 Å². The number of Topliss-reactive ketones (excluding diaryl/α,β-unsaturated/α-hetero) is 1. The van der Waals surface area contributed by atoms with E-state index in [9.17, 15) is 14.0 Å². The minimum atomic E-state index is -1.28. The average molecular weight is 347 g/mol. The standard InChI is InChI=1S/C14H13Cl2FN2O3/c1-2-22-14(21)9(6-18-7-3-4-7)11(20)8-5-10(17)13(16)19-12(8)15/h5-7,9H,2-4H2,1H3. The molecule has 5 nitrogen and oxygen atoms in total. The summed E-state index contributed by atoms with van der Waals surface area (Å²) in [6.07, 6.45) is 3.07. The van der Waals surface area contributed by atoms with Gasteiger partial charge in [-0.25, -0.2) is 9.37 Å². The number of carbonyl (C=O) groups is 2. The molecule has 0 aliphatic heterocycles. The number of carbonyl (C=O) groups excluding carboxylic acids is 2. The molecule has 1 aromatic heterocycles. The Kier molecular flexibility index (Phi) is 5.47. The van der Waals surface area contributed by atoms with Gasteiger partial charge in [0.1, 0.15) is 5.15 Å². The normalized spacial score (nSPS) is 15.8. The van der Waals surface area contributed by atoms with E-state index in [0.717, 1.165) is 18.9 Å². The summed E-state index contributed by atoms with van der Waals surface area (Å²) in [5.74, 6) is -3.66. The number of halogens is 3. The third-order valence-corrected chi connectivity index (χ3v) is 3.52. The monoisotopic (exact) mass is 346 g/mol. The smallest absolute Gasteiger partial charge is 0.322 e. The zero-order valence-electron chi connectivity index (χ0n) is 11.7. The van der Waals surface area contributed by atoms with Gasteiger partial charge in [-0.1, -0.05) is 23.2 Å². The number of nitrogens with zero attached hydrogens (tertiary/aromatic N) is 2. The summed E-state index contributed by atoms with van der Waals surface area (Å²) in [6, 6.07) is 0.984. The molecule has 0 aromatic carbocycles. The van der Waals surface area contributed by atoms with Gasteiger partial charge in [-0.05, 0) is 25.8 Å². The zero-order chi connectivity index (χ0) is 16.3. The number of hydrogen-bond donors (Lipinski definition) is 0. The minimum absolute atomic E-state index is 0.112. The molecule has 1 unspecified atom stereocenters. The molecule has 1 aromatic rings. The molecule has 0 N–H and O–H groups in total. The molecule has 8 heteroatoms. The van der Waals surface area contributed by atoms with E-state index < -0.39 is 28.6 Å². The number of rotatable bonds is 6. The zero-order valence-corrected chi connectivity index (χ0v) is 13.2. The van der Waals surface area contributed by atoms with Gasteiger partial charge < -0.3 is 4.74 Å². The molecular weight excluding hydrogens is 334 g/mol. The van der Waals surface area contributed by atoms with Crippen molar-refractivity contribution in [1.29, 1.82) is 0 Å². The van der Waals surface area contributed by atoms with E-state index in [0.29, 0.717) is 0 Å². The fraction of sp³-hybridized carbons (Fsp3) is 0.429. The van der Waals surface area contributed by atoms with E-state index in [4.69, 9.17) is 27.9 Å². The van der Waals surface area contributed by atoms with Crippen LogP contribution in [0, 0.1) is 11.7 Å². The molecule has 1 atom stereocenters. The predicted octanol–water partition coefficient (Wildman–Crippen LogP) is 3.12. The number of esters is 1. The molecule has 1 aliphatic carbocycles. The molecule has 0 saturated heterocycles. The summed E-state index contributed by atoms with van der Waals surface area (Å²) < 4.78 is 18.4. The van der Waals surface area contributed by atoms with Crippen LogP contribution in [-0.2, 0) is 9.53 Å². The first-order valence-corrected chi connectivity index (χ1v) is 7.45. The molecule has 1 fully saturated rings. The van der Waals surface area contributed by atoms with Gasteiger partial charge in [0, 0.05) is 12.3 Å². The van der Waals surface area contributed by atoms with E-state index in [-0.39, 0.29) is 23.4 Å². The van der Waals surface area contributed by atoms with Gasteiger partial charge in [0.15, 0.2) is 22.7 Å². The summed E-state index contributed by atoms with van der Waals surface area (Å²) in [5, 5.41) is -0.716. The van der Waals surface area contributed by atoms with Crippen LogP contribution in [0.1, 0.15) is 30.1 Å². The fourth-order valence-corrected chi connectivity index (χ4v) is 2.10. The van der Waals surface area contributed by atoms with Gasteiger partial charge in [-0.2, -0.15) is 0 Å². The Balaban J connectivity index is 2.31. The highest BCUT2D eigenvalue weighted by molar-refractivity contribution is 6.36. The van der Waals surface area contributed by atoms with Gasteiger partial charge in [-0.3, -0.25) is 14.6 Å². The Labute approximate surface area is 136 Å². The van der Waals surface area contributed by atoms with Crippen LogP contribution < -0.4 is 0 Å². The lowest BCUT2D eigenvalue weighted by atomic mass is 10.00. The van der Waals surface area contributed by atoms with Crippen LogP contribution in [0.3, 0.4) is 0 Å². The SMILES string of the molecule is CCOC(=O)C(C=NC1CC1)C(=O)c1cc(F)c(Cl)nc1Cl. The maximum Gasteiger partial charge on any atom is 0.322 e. The summed E-state index contributed by atoms with van der Waals surface area (Å²) in [6.45, 7) is 1.73. The van der Waals surface area contributed by atoms with Crippen molar-refractivity contribution in [2.24, 2.45) is 10.9 Å². The Morgan fingerprint density at radius 3 is 2.77 bits per heavy atom. The first-order chi connectivity index (χ1) is 10.4. The fourth-order valence-electron chi connectivity index (χ4n) is 1.68. The second kappa shape index (κ2) is 7.15. The highest BCUT2D eigenvalue weighted by Crippen LogP contribution is 2.25. The van der Waals surface area contributed by atoms with Crippen LogP contribution in [-0.4, -0.2) is 35.6 Å². The van der Waals surface area contributed by atoms with Gasteiger partial charge >= 0.3 is 5.97 Å². The number of ether oxygens (including phenoxy) is 1. The van der Waals surface area contributed by atoms with Gasteiger partial charge in [0.2, 0.25) is 0 Å². The summed E-state index contributed by atoms with van der Waals surface area (Å²) in [5.41, 5.74) is -0.233. The minimum Gasteiger partial charge on any atom is -0.465 e. The lowest BCUT2D eigenvalue weighted by Crippen LogP contribution is -2.28. The Hall–Kier alpha value is -1.53. The van der Waals surface area contributed by atoms with Gasteiger partial charge in [0.25, 0.3) is 0 Å².